The Morgan fingerprint density at radius 3 is 2.40 bits per heavy atom. The van der Waals surface area contributed by atoms with Crippen LogP contribution in [0, 0.1) is 17.5 Å². The molecule has 3 aromatic heterocycles. The number of benzene rings is 2. The Morgan fingerprint density at radius 1 is 0.952 bits per heavy atom. The predicted octanol–water partition coefficient (Wildman–Crippen LogP) is 4.84. The smallest absolute Gasteiger partial charge is 0.335 e. The van der Waals surface area contributed by atoms with E-state index in [1.54, 1.807) is 50.1 Å². The largest absolute Gasteiger partial charge is 0.454 e. The van der Waals surface area contributed by atoms with Crippen molar-refractivity contribution < 1.29 is 22.7 Å². The van der Waals surface area contributed by atoms with Crippen LogP contribution < -0.4 is 21.3 Å². The highest BCUT2D eigenvalue weighted by Gasteiger charge is 2.21. The molecular weight excluding hydrogens is 553 g/mol. The first-order chi connectivity index (χ1) is 20.0. The molecule has 0 atom stereocenters. The highest BCUT2D eigenvalue weighted by molar-refractivity contribution is 6.03. The van der Waals surface area contributed by atoms with E-state index in [0.29, 0.717) is 22.1 Å². The van der Waals surface area contributed by atoms with Crippen LogP contribution in [-0.2, 0) is 7.05 Å². The summed E-state index contributed by atoms with van der Waals surface area (Å²) in [7, 11) is 1.77. The molecule has 0 fully saturated rings. The molecule has 0 saturated carbocycles. The minimum atomic E-state index is -1.28. The van der Waals surface area contributed by atoms with Gasteiger partial charge in [0.05, 0.1) is 17.6 Å². The molecule has 42 heavy (non-hydrogen) atoms. The summed E-state index contributed by atoms with van der Waals surface area (Å²) in [6.45, 7) is 3.28. The van der Waals surface area contributed by atoms with Crippen molar-refractivity contribution in [2.24, 2.45) is 7.05 Å². The fourth-order valence-electron chi connectivity index (χ4n) is 4.12. The first-order valence-electron chi connectivity index (χ1n) is 12.6. The molecule has 0 unspecified atom stereocenters. The molecule has 0 bridgehead atoms. The Hall–Kier alpha value is -5.46. The predicted molar refractivity (Wildman–Crippen MR) is 147 cm³/mol. The van der Waals surface area contributed by atoms with E-state index in [0.717, 1.165) is 34.5 Å². The first kappa shape index (κ1) is 28.1. The summed E-state index contributed by atoms with van der Waals surface area (Å²) in [5, 5.41) is 6.53. The Kier molecular flexibility index (Phi) is 7.49. The van der Waals surface area contributed by atoms with E-state index in [-0.39, 0.29) is 17.1 Å². The minimum Gasteiger partial charge on any atom is -0.454 e. The van der Waals surface area contributed by atoms with E-state index >= 15 is 0 Å². The summed E-state index contributed by atoms with van der Waals surface area (Å²) in [6, 6.07) is 8.83. The van der Waals surface area contributed by atoms with E-state index < -0.39 is 46.2 Å². The Balaban J connectivity index is 1.42. The van der Waals surface area contributed by atoms with Gasteiger partial charge in [0.15, 0.2) is 23.2 Å². The molecule has 13 heteroatoms. The highest BCUT2D eigenvalue weighted by Crippen LogP contribution is 2.29. The van der Waals surface area contributed by atoms with E-state index in [1.165, 1.54) is 18.3 Å². The van der Waals surface area contributed by atoms with Gasteiger partial charge in [0.25, 0.3) is 11.5 Å². The number of hydrogen-bond donors (Lipinski definition) is 1. The second kappa shape index (κ2) is 11.2. The lowest BCUT2D eigenvalue weighted by atomic mass is 10.2. The molecule has 5 rings (SSSR count). The summed E-state index contributed by atoms with van der Waals surface area (Å²) >= 11 is 0. The normalized spacial score (nSPS) is 11.1. The summed E-state index contributed by atoms with van der Waals surface area (Å²) in [5.41, 5.74) is -1.35. The molecule has 2 aromatic carbocycles. The summed E-state index contributed by atoms with van der Waals surface area (Å²) in [4.78, 5) is 43.6. The van der Waals surface area contributed by atoms with Crippen LogP contribution in [0.4, 0.5) is 18.9 Å². The fraction of sp³-hybridized carbons (Fsp3) is 0.138. The van der Waals surface area contributed by atoms with Crippen LogP contribution in [0.5, 0.6) is 11.5 Å². The molecule has 0 radical (unpaired) electrons. The van der Waals surface area contributed by atoms with Crippen molar-refractivity contribution in [3.05, 3.63) is 117 Å². The number of carbonyl (C=O) groups is 1. The van der Waals surface area contributed by atoms with Crippen LogP contribution in [0.25, 0.3) is 16.9 Å². The number of anilines is 1. The lowest BCUT2D eigenvalue weighted by molar-refractivity contribution is 0.102. The van der Waals surface area contributed by atoms with E-state index in [1.807, 2.05) is 0 Å². The van der Waals surface area contributed by atoms with Crippen molar-refractivity contribution in [1.82, 2.24) is 23.9 Å². The third kappa shape index (κ3) is 5.57. The number of halogens is 3. The number of nitrogens with zero attached hydrogens (tertiary/aromatic N) is 5. The van der Waals surface area contributed by atoms with Gasteiger partial charge in [-0.1, -0.05) is 0 Å². The minimum absolute atomic E-state index is 0.00305. The number of pyridine rings is 1. The van der Waals surface area contributed by atoms with Crippen LogP contribution in [0.3, 0.4) is 0 Å². The maximum atomic E-state index is 15.0. The van der Waals surface area contributed by atoms with E-state index in [4.69, 9.17) is 4.74 Å². The number of rotatable bonds is 7. The molecule has 0 aliphatic heterocycles. The number of nitrogens with one attached hydrogen (secondary N) is 1. The van der Waals surface area contributed by atoms with Crippen molar-refractivity contribution in [2.75, 3.05) is 5.32 Å². The molecule has 3 heterocycles. The van der Waals surface area contributed by atoms with E-state index in [2.05, 4.69) is 15.4 Å². The Bertz CT molecular complexity index is 1950. The molecular formula is C29H23F3N6O4. The second-order valence-corrected chi connectivity index (χ2v) is 9.55. The average molecular weight is 577 g/mol. The molecule has 1 amide bonds. The number of ether oxygens (including phenoxy) is 1. The van der Waals surface area contributed by atoms with Gasteiger partial charge in [0.1, 0.15) is 11.3 Å². The summed E-state index contributed by atoms with van der Waals surface area (Å²) < 4.78 is 51.4. The zero-order valence-electron chi connectivity index (χ0n) is 22.5. The molecule has 0 aliphatic carbocycles. The quantitative estimate of drug-likeness (QED) is 0.297. The average Bonchev–Trinajstić information content (AvgIpc) is 3.38. The number of aryl methyl sites for hydroxylation is 1. The van der Waals surface area contributed by atoms with Crippen LogP contribution >= 0.6 is 0 Å². The molecule has 214 valence electrons. The van der Waals surface area contributed by atoms with Crippen LogP contribution in [0.1, 0.15) is 30.2 Å². The van der Waals surface area contributed by atoms with Crippen LogP contribution in [-0.4, -0.2) is 29.8 Å². The maximum absolute atomic E-state index is 15.0. The second-order valence-electron chi connectivity index (χ2n) is 9.55. The van der Waals surface area contributed by atoms with Crippen molar-refractivity contribution >= 4 is 11.6 Å². The van der Waals surface area contributed by atoms with Gasteiger partial charge in [-0.2, -0.15) is 5.10 Å². The van der Waals surface area contributed by atoms with Crippen molar-refractivity contribution in [1.29, 1.82) is 0 Å². The number of amides is 1. The number of hydrogen-bond acceptors (Lipinski definition) is 6. The molecule has 5 aromatic rings. The summed E-state index contributed by atoms with van der Waals surface area (Å²) in [5.74, 6) is -4.02. The van der Waals surface area contributed by atoms with Gasteiger partial charge < -0.3 is 10.1 Å². The third-order valence-electron chi connectivity index (χ3n) is 6.23. The van der Waals surface area contributed by atoms with Gasteiger partial charge >= 0.3 is 5.69 Å². The standard InChI is InChI=1S/C29H23F3N6O4/c1-16(2)37-15-21(28(40)38(29(37)41)19-5-6-22(30)23(31)11-19)27(39)35-18-4-7-26(24(32)10-18)42-20-8-9-33-25(12-20)17-13-34-36(3)14-17/h4-16H,1-3H3,(H,35,39). The zero-order valence-corrected chi connectivity index (χ0v) is 22.5. The lowest BCUT2D eigenvalue weighted by Crippen LogP contribution is -2.42. The number of aromatic nitrogens is 5. The van der Waals surface area contributed by atoms with Crippen molar-refractivity contribution in [3.63, 3.8) is 0 Å². The first-order valence-corrected chi connectivity index (χ1v) is 12.6. The fourth-order valence-corrected chi connectivity index (χ4v) is 4.12. The zero-order chi connectivity index (χ0) is 30.1. The van der Waals surface area contributed by atoms with Crippen LogP contribution in [0.2, 0.25) is 0 Å². The van der Waals surface area contributed by atoms with Gasteiger partial charge in [-0.25, -0.2) is 22.5 Å². The monoisotopic (exact) mass is 576 g/mol. The van der Waals surface area contributed by atoms with Crippen molar-refractivity contribution in [2.45, 2.75) is 19.9 Å². The SMILES string of the molecule is CC(C)n1cc(C(=O)Nc2ccc(Oc3ccnc(-c4cnn(C)c4)c3)c(F)c2)c(=O)n(-c2ccc(F)c(F)c2)c1=O. The molecule has 0 spiro atoms. The Morgan fingerprint density at radius 2 is 1.74 bits per heavy atom. The van der Waals surface area contributed by atoms with Gasteiger partial charge in [-0.15, -0.1) is 0 Å². The van der Waals surface area contributed by atoms with Gasteiger partial charge in [-0.05, 0) is 44.2 Å². The van der Waals surface area contributed by atoms with Crippen molar-refractivity contribution in [3.8, 4) is 28.4 Å². The molecule has 1 N–H and O–H groups in total. The number of carbonyl (C=O) groups excluding carboxylic acids is 1. The van der Waals surface area contributed by atoms with Gasteiger partial charge in [0, 0.05) is 61.1 Å². The van der Waals surface area contributed by atoms with E-state index in [9.17, 15) is 27.6 Å². The van der Waals surface area contributed by atoms with Crippen LogP contribution in [0.15, 0.2) is 82.9 Å². The molecule has 0 aliphatic rings. The summed E-state index contributed by atoms with van der Waals surface area (Å²) in [6.07, 6.45) is 5.97. The Labute approximate surface area is 236 Å². The highest BCUT2D eigenvalue weighted by atomic mass is 19.2. The topological polar surface area (TPSA) is 113 Å². The maximum Gasteiger partial charge on any atom is 0.335 e. The molecule has 10 nitrogen and oxygen atoms in total. The third-order valence-corrected chi connectivity index (χ3v) is 6.23. The lowest BCUT2D eigenvalue weighted by Gasteiger charge is -2.16. The van der Waals surface area contributed by atoms with Gasteiger partial charge in [-0.3, -0.25) is 23.8 Å². The molecule has 0 saturated heterocycles. The van der Waals surface area contributed by atoms with Gasteiger partial charge in [0.2, 0.25) is 0 Å².